The summed E-state index contributed by atoms with van der Waals surface area (Å²) in [5, 5.41) is 2.56. The summed E-state index contributed by atoms with van der Waals surface area (Å²) in [6.45, 7) is 0.173. The fourth-order valence-corrected chi connectivity index (χ4v) is 2.32. The van der Waals surface area contributed by atoms with Gasteiger partial charge in [0.1, 0.15) is 5.82 Å². The maximum Gasteiger partial charge on any atom is 0.393 e. The number of halogens is 4. The Morgan fingerprint density at radius 3 is 2.57 bits per heavy atom. The van der Waals surface area contributed by atoms with Gasteiger partial charge in [-0.25, -0.2) is 9.18 Å². The van der Waals surface area contributed by atoms with Crippen LogP contribution in [0.5, 0.6) is 0 Å². The molecular formula is C14H16F4N2O. The zero-order valence-electron chi connectivity index (χ0n) is 11.3. The van der Waals surface area contributed by atoms with Crippen molar-refractivity contribution in [2.24, 2.45) is 5.92 Å². The van der Waals surface area contributed by atoms with Gasteiger partial charge in [-0.15, -0.1) is 0 Å². The van der Waals surface area contributed by atoms with Crippen LogP contribution in [0.4, 0.5) is 22.4 Å². The summed E-state index contributed by atoms with van der Waals surface area (Å²) in [7, 11) is 0. The average Bonchev–Trinajstić information content (AvgIpc) is 2.45. The summed E-state index contributed by atoms with van der Waals surface area (Å²) in [5.41, 5.74) is 0.689. The van der Waals surface area contributed by atoms with E-state index in [0.29, 0.717) is 18.5 Å². The summed E-state index contributed by atoms with van der Waals surface area (Å²) in [6.07, 6.45) is -3.87. The average molecular weight is 304 g/mol. The topological polar surface area (TPSA) is 32.3 Å². The number of rotatable bonds is 2. The first kappa shape index (κ1) is 15.6. The Morgan fingerprint density at radius 1 is 1.29 bits per heavy atom. The van der Waals surface area contributed by atoms with Crippen LogP contribution in [-0.2, 0) is 6.54 Å². The molecule has 2 amide bonds. The molecule has 1 heterocycles. The highest BCUT2D eigenvalue weighted by Gasteiger charge is 2.42. The zero-order valence-corrected chi connectivity index (χ0v) is 11.3. The van der Waals surface area contributed by atoms with E-state index < -0.39 is 18.1 Å². The molecule has 0 aliphatic carbocycles. The van der Waals surface area contributed by atoms with E-state index in [4.69, 9.17) is 0 Å². The van der Waals surface area contributed by atoms with E-state index in [1.807, 2.05) is 0 Å². The fraction of sp³-hybridized carbons (Fsp3) is 0.500. The molecule has 0 spiro atoms. The molecule has 21 heavy (non-hydrogen) atoms. The third-order valence-electron chi connectivity index (χ3n) is 3.53. The number of carbonyl (C=O) groups is 1. The van der Waals surface area contributed by atoms with E-state index in [0.717, 1.165) is 0 Å². The normalized spacial score (nSPS) is 19.4. The molecule has 1 fully saturated rings. The first-order valence-electron chi connectivity index (χ1n) is 6.70. The quantitative estimate of drug-likeness (QED) is 0.835. The molecule has 0 bridgehead atoms. The lowest BCUT2D eigenvalue weighted by Gasteiger charge is -2.33. The Labute approximate surface area is 119 Å². The predicted octanol–water partition coefficient (Wildman–Crippen LogP) is 3.31. The van der Waals surface area contributed by atoms with Crippen LogP contribution in [0.25, 0.3) is 0 Å². The van der Waals surface area contributed by atoms with Crippen molar-refractivity contribution < 1.29 is 22.4 Å². The van der Waals surface area contributed by atoms with Crippen LogP contribution >= 0.6 is 0 Å². The van der Waals surface area contributed by atoms with Crippen LogP contribution in [0.3, 0.4) is 0 Å². The first-order valence-corrected chi connectivity index (χ1v) is 6.70. The lowest BCUT2D eigenvalue weighted by Crippen LogP contribution is -2.48. The molecule has 1 atom stereocenters. The third-order valence-corrected chi connectivity index (χ3v) is 3.53. The van der Waals surface area contributed by atoms with Crippen molar-refractivity contribution in [1.29, 1.82) is 0 Å². The van der Waals surface area contributed by atoms with Crippen LogP contribution < -0.4 is 5.32 Å². The zero-order chi connectivity index (χ0) is 15.5. The van der Waals surface area contributed by atoms with Crippen LogP contribution in [0.1, 0.15) is 18.4 Å². The Balaban J connectivity index is 1.86. The number of likely N-dealkylation sites (tertiary alicyclic amines) is 1. The number of nitrogens with one attached hydrogen (secondary N) is 1. The fourth-order valence-electron chi connectivity index (χ4n) is 2.32. The predicted molar refractivity (Wildman–Crippen MR) is 69.0 cm³/mol. The van der Waals surface area contributed by atoms with Crippen molar-refractivity contribution in [3.63, 3.8) is 0 Å². The molecule has 3 nitrogen and oxygen atoms in total. The highest BCUT2D eigenvalue weighted by molar-refractivity contribution is 5.74. The van der Waals surface area contributed by atoms with Gasteiger partial charge in [-0.2, -0.15) is 13.2 Å². The monoisotopic (exact) mass is 304 g/mol. The largest absolute Gasteiger partial charge is 0.393 e. The van der Waals surface area contributed by atoms with Crippen molar-refractivity contribution >= 4 is 6.03 Å². The molecule has 0 unspecified atom stereocenters. The molecule has 116 valence electrons. The van der Waals surface area contributed by atoms with Crippen molar-refractivity contribution in [2.45, 2.75) is 25.6 Å². The number of piperidine rings is 1. The van der Waals surface area contributed by atoms with Gasteiger partial charge in [-0.1, -0.05) is 12.1 Å². The Morgan fingerprint density at radius 2 is 1.95 bits per heavy atom. The van der Waals surface area contributed by atoms with Crippen molar-refractivity contribution in [3.05, 3.63) is 35.6 Å². The van der Waals surface area contributed by atoms with Crippen molar-refractivity contribution in [3.8, 4) is 0 Å². The van der Waals surface area contributed by atoms with E-state index in [2.05, 4.69) is 5.32 Å². The Hall–Kier alpha value is -1.79. The van der Waals surface area contributed by atoms with Crippen molar-refractivity contribution in [2.75, 3.05) is 13.1 Å². The van der Waals surface area contributed by atoms with Crippen LogP contribution in [-0.4, -0.2) is 30.2 Å². The molecule has 1 aliphatic rings. The summed E-state index contributed by atoms with van der Waals surface area (Å²) < 4.78 is 50.7. The minimum absolute atomic E-state index is 0.0608. The molecule has 1 saturated heterocycles. The number of hydrogen-bond acceptors (Lipinski definition) is 1. The van der Waals surface area contributed by atoms with Gasteiger partial charge in [0.05, 0.1) is 5.92 Å². The number of amides is 2. The second kappa shape index (κ2) is 6.32. The lowest BCUT2D eigenvalue weighted by molar-refractivity contribution is -0.184. The van der Waals surface area contributed by atoms with E-state index >= 15 is 0 Å². The summed E-state index contributed by atoms with van der Waals surface area (Å²) in [5.74, 6) is -1.84. The molecule has 7 heteroatoms. The summed E-state index contributed by atoms with van der Waals surface area (Å²) >= 11 is 0. The molecule has 1 N–H and O–H groups in total. The van der Waals surface area contributed by atoms with Gasteiger partial charge in [0.15, 0.2) is 0 Å². The molecule has 1 aliphatic heterocycles. The van der Waals surface area contributed by atoms with Gasteiger partial charge in [-0.3, -0.25) is 0 Å². The van der Waals surface area contributed by atoms with Crippen LogP contribution in [0.15, 0.2) is 24.3 Å². The van der Waals surface area contributed by atoms with Crippen LogP contribution in [0.2, 0.25) is 0 Å². The van der Waals surface area contributed by atoms with Gasteiger partial charge in [0.2, 0.25) is 0 Å². The van der Waals surface area contributed by atoms with Crippen molar-refractivity contribution in [1.82, 2.24) is 10.2 Å². The second-order valence-corrected chi connectivity index (χ2v) is 5.11. The minimum atomic E-state index is -4.27. The summed E-state index contributed by atoms with van der Waals surface area (Å²) in [4.78, 5) is 13.1. The molecule has 2 rings (SSSR count). The maximum atomic E-state index is 12.7. The van der Waals surface area contributed by atoms with Gasteiger partial charge in [0, 0.05) is 19.6 Å². The molecular weight excluding hydrogens is 288 g/mol. The van der Waals surface area contributed by atoms with E-state index in [-0.39, 0.29) is 25.3 Å². The van der Waals surface area contributed by atoms with E-state index in [1.165, 1.54) is 29.2 Å². The number of nitrogens with zero attached hydrogens (tertiary/aromatic N) is 1. The number of benzene rings is 1. The van der Waals surface area contributed by atoms with Gasteiger partial charge in [0.25, 0.3) is 0 Å². The van der Waals surface area contributed by atoms with E-state index in [1.54, 1.807) is 0 Å². The number of urea groups is 1. The maximum absolute atomic E-state index is 12.7. The second-order valence-electron chi connectivity index (χ2n) is 5.11. The SMILES string of the molecule is O=C(NCc1ccc(F)cc1)N1CCC[C@@H](C(F)(F)F)C1. The van der Waals surface area contributed by atoms with Gasteiger partial charge >= 0.3 is 12.2 Å². The van der Waals surface area contributed by atoms with Crippen LogP contribution in [0, 0.1) is 11.7 Å². The molecule has 0 saturated carbocycles. The smallest absolute Gasteiger partial charge is 0.334 e. The number of hydrogen-bond donors (Lipinski definition) is 1. The highest BCUT2D eigenvalue weighted by Crippen LogP contribution is 2.33. The molecule has 0 radical (unpaired) electrons. The summed E-state index contributed by atoms with van der Waals surface area (Å²) in [6, 6.07) is 5.05. The van der Waals surface area contributed by atoms with Gasteiger partial charge < -0.3 is 10.2 Å². The molecule has 1 aromatic carbocycles. The standard InChI is InChI=1S/C14H16F4N2O/c15-12-5-3-10(4-6-12)8-19-13(21)20-7-1-2-11(9-20)14(16,17)18/h3-6,11H,1-2,7-9H2,(H,19,21)/t11-/m1/s1. The lowest BCUT2D eigenvalue weighted by atomic mass is 9.98. The molecule has 0 aromatic heterocycles. The third kappa shape index (κ3) is 4.34. The number of alkyl halides is 3. The van der Waals surface area contributed by atoms with E-state index in [9.17, 15) is 22.4 Å². The minimum Gasteiger partial charge on any atom is -0.334 e. The first-order chi connectivity index (χ1) is 9.86. The Kier molecular flexibility index (Phi) is 4.69. The van der Waals surface area contributed by atoms with Gasteiger partial charge in [-0.05, 0) is 30.5 Å². The number of carbonyl (C=O) groups excluding carboxylic acids is 1. The highest BCUT2D eigenvalue weighted by atomic mass is 19.4. The molecule has 1 aromatic rings. The Bertz CT molecular complexity index is 487.